The molecule has 0 aliphatic rings. The number of esters is 2. The third-order valence-electron chi connectivity index (χ3n) is 2.98. The summed E-state index contributed by atoms with van der Waals surface area (Å²) in [4.78, 5) is 22.6. The van der Waals surface area contributed by atoms with Crippen molar-refractivity contribution in [2.75, 3.05) is 5.75 Å². The van der Waals surface area contributed by atoms with Crippen molar-refractivity contribution in [2.45, 2.75) is 38.2 Å². The minimum atomic E-state index is -5.29. The third-order valence-corrected chi connectivity index (χ3v) is 4.75. The van der Waals surface area contributed by atoms with Crippen LogP contribution >= 0.6 is 11.3 Å². The maximum absolute atomic E-state index is 13.0. The summed E-state index contributed by atoms with van der Waals surface area (Å²) in [7, 11) is -5.11. The van der Waals surface area contributed by atoms with E-state index in [1.165, 1.54) is 0 Å². The lowest BCUT2D eigenvalue weighted by molar-refractivity contribution is -0.197. The number of alkyl halides is 5. The first-order chi connectivity index (χ1) is 12.0. The van der Waals surface area contributed by atoms with Crippen molar-refractivity contribution in [1.29, 1.82) is 0 Å². The first-order valence-corrected chi connectivity index (χ1v) is 9.34. The smallest absolute Gasteiger partial charge is 0.426 e. The number of hydrogen-bond donors (Lipinski definition) is 1. The summed E-state index contributed by atoms with van der Waals surface area (Å²) in [6.45, 7) is 1.43. The Bertz CT molecular complexity index is 795. The van der Waals surface area contributed by atoms with Crippen LogP contribution in [0.15, 0.2) is 12.1 Å². The van der Waals surface area contributed by atoms with E-state index in [0.717, 1.165) is 19.1 Å². The molecule has 0 bridgehead atoms. The second-order valence-electron chi connectivity index (χ2n) is 5.35. The summed E-state index contributed by atoms with van der Waals surface area (Å²) in [5.41, 5.74) is 0. The van der Waals surface area contributed by atoms with Crippen LogP contribution in [0.4, 0.5) is 22.0 Å². The van der Waals surface area contributed by atoms with Crippen molar-refractivity contribution in [1.82, 2.24) is 0 Å². The van der Waals surface area contributed by atoms with Crippen LogP contribution in [0.2, 0.25) is 0 Å². The number of hydrogen-bond acceptors (Lipinski definition) is 7. The SMILES string of the molecule is CC(OC(=O)c1ccc(C(=O)OC(CS(=O)(=O)O)C(F)(F)F)s1)C(C)(F)F. The molecule has 1 heterocycles. The number of ether oxygens (including phenoxy) is 2. The molecule has 0 fully saturated rings. The average molecular weight is 440 g/mol. The lowest BCUT2D eigenvalue weighted by Gasteiger charge is -2.19. The van der Waals surface area contributed by atoms with Gasteiger partial charge < -0.3 is 9.47 Å². The van der Waals surface area contributed by atoms with Gasteiger partial charge >= 0.3 is 18.1 Å². The van der Waals surface area contributed by atoms with Crippen LogP contribution in [0, 0.1) is 0 Å². The number of carbonyl (C=O) groups excluding carboxylic acids is 2. The molecule has 1 N–H and O–H groups in total. The molecule has 0 saturated carbocycles. The Morgan fingerprint density at radius 2 is 1.56 bits per heavy atom. The second kappa shape index (κ2) is 8.06. The van der Waals surface area contributed by atoms with Crippen LogP contribution in [0.5, 0.6) is 0 Å². The third kappa shape index (κ3) is 7.38. The Labute approximate surface area is 153 Å². The maximum atomic E-state index is 13.0. The van der Waals surface area contributed by atoms with Crippen molar-refractivity contribution in [3.8, 4) is 0 Å². The van der Waals surface area contributed by atoms with Crippen LogP contribution in [0.1, 0.15) is 33.2 Å². The second-order valence-corrected chi connectivity index (χ2v) is 7.93. The zero-order valence-electron chi connectivity index (χ0n) is 13.6. The molecule has 1 aromatic rings. The van der Waals surface area contributed by atoms with Gasteiger partial charge in [0.2, 0.25) is 6.10 Å². The van der Waals surface area contributed by atoms with Gasteiger partial charge in [-0.2, -0.15) is 21.6 Å². The van der Waals surface area contributed by atoms with E-state index < -0.39 is 57.0 Å². The van der Waals surface area contributed by atoms with Gasteiger partial charge in [-0.3, -0.25) is 4.55 Å². The van der Waals surface area contributed by atoms with E-state index in [1.807, 2.05) is 0 Å². The molecular formula is C13H13F5O7S2. The number of halogens is 5. The van der Waals surface area contributed by atoms with E-state index in [1.54, 1.807) is 0 Å². The summed E-state index contributed by atoms with van der Waals surface area (Å²) < 4.78 is 102. The molecule has 7 nitrogen and oxygen atoms in total. The van der Waals surface area contributed by atoms with E-state index in [2.05, 4.69) is 9.47 Å². The zero-order valence-corrected chi connectivity index (χ0v) is 15.3. The van der Waals surface area contributed by atoms with Crippen LogP contribution in [0.3, 0.4) is 0 Å². The van der Waals surface area contributed by atoms with Gasteiger partial charge in [0, 0.05) is 6.92 Å². The van der Waals surface area contributed by atoms with Gasteiger partial charge in [-0.05, 0) is 19.1 Å². The fourth-order valence-electron chi connectivity index (χ4n) is 1.45. The minimum absolute atomic E-state index is 0.299. The van der Waals surface area contributed by atoms with Crippen molar-refractivity contribution in [3.05, 3.63) is 21.9 Å². The molecule has 2 unspecified atom stereocenters. The molecule has 0 aliphatic heterocycles. The van der Waals surface area contributed by atoms with Gasteiger partial charge in [0.25, 0.3) is 16.0 Å². The quantitative estimate of drug-likeness (QED) is 0.395. The molecule has 1 aromatic heterocycles. The summed E-state index contributed by atoms with van der Waals surface area (Å²) in [5, 5.41) is 0. The molecule has 0 amide bonds. The average Bonchev–Trinajstić information content (AvgIpc) is 2.92. The van der Waals surface area contributed by atoms with Gasteiger partial charge in [0.05, 0.1) is 0 Å². The largest absolute Gasteiger partial charge is 0.452 e. The van der Waals surface area contributed by atoms with E-state index in [0.29, 0.717) is 18.3 Å². The predicted molar refractivity (Wildman–Crippen MR) is 81.5 cm³/mol. The minimum Gasteiger partial charge on any atom is -0.452 e. The van der Waals surface area contributed by atoms with E-state index in [9.17, 15) is 40.0 Å². The molecule has 2 atom stereocenters. The van der Waals surface area contributed by atoms with Crippen molar-refractivity contribution in [3.63, 3.8) is 0 Å². The molecule has 0 saturated heterocycles. The monoisotopic (exact) mass is 440 g/mol. The molecule has 0 aromatic carbocycles. The molecule has 1 rings (SSSR count). The molecule has 154 valence electrons. The highest BCUT2D eigenvalue weighted by molar-refractivity contribution is 7.85. The first kappa shape index (κ1) is 23.2. The van der Waals surface area contributed by atoms with E-state index in [-0.39, 0.29) is 4.88 Å². The lowest BCUT2D eigenvalue weighted by atomic mass is 10.2. The van der Waals surface area contributed by atoms with E-state index >= 15 is 0 Å². The Kier molecular flexibility index (Phi) is 6.94. The number of rotatable bonds is 7. The zero-order chi connectivity index (χ0) is 21.2. The highest BCUT2D eigenvalue weighted by Crippen LogP contribution is 2.27. The standard InChI is InChI=1S/C13H13F5O7S2/c1-6(12(2,14)15)24-10(19)7-3-4-8(26-7)11(20)25-9(13(16,17)18)5-27(21,22)23/h3-4,6,9H,5H2,1-2H3,(H,21,22,23). The Morgan fingerprint density at radius 3 is 1.93 bits per heavy atom. The molecule has 14 heteroatoms. The van der Waals surface area contributed by atoms with Gasteiger partial charge in [0.15, 0.2) is 6.10 Å². The molecule has 0 aliphatic carbocycles. The van der Waals surface area contributed by atoms with Crippen LogP contribution in [-0.2, 0) is 19.6 Å². The Morgan fingerprint density at radius 1 is 1.11 bits per heavy atom. The molecular weight excluding hydrogens is 427 g/mol. The van der Waals surface area contributed by atoms with Gasteiger partial charge in [-0.15, -0.1) is 11.3 Å². The van der Waals surface area contributed by atoms with Crippen LogP contribution < -0.4 is 0 Å². The van der Waals surface area contributed by atoms with Crippen LogP contribution in [-0.4, -0.2) is 55.0 Å². The summed E-state index contributed by atoms with van der Waals surface area (Å²) >= 11 is 0.299. The summed E-state index contributed by atoms with van der Waals surface area (Å²) in [5.74, 6) is -8.12. The fourth-order valence-corrected chi connectivity index (χ4v) is 2.86. The molecule has 0 spiro atoms. The number of thiophene rings is 1. The fraction of sp³-hybridized carbons (Fsp3) is 0.538. The van der Waals surface area contributed by atoms with Gasteiger partial charge in [-0.25, -0.2) is 18.4 Å². The van der Waals surface area contributed by atoms with Crippen molar-refractivity contribution >= 4 is 33.4 Å². The highest BCUT2D eigenvalue weighted by atomic mass is 32.2. The Hall–Kier alpha value is -1.80. The number of carbonyl (C=O) groups is 2. The normalized spacial score (nSPS) is 15.1. The van der Waals surface area contributed by atoms with Gasteiger partial charge in [0.1, 0.15) is 15.5 Å². The molecule has 0 radical (unpaired) electrons. The first-order valence-electron chi connectivity index (χ1n) is 6.92. The van der Waals surface area contributed by atoms with Gasteiger partial charge in [-0.1, -0.05) is 0 Å². The Balaban J connectivity index is 2.89. The topological polar surface area (TPSA) is 107 Å². The van der Waals surface area contributed by atoms with Crippen molar-refractivity contribution in [2.24, 2.45) is 0 Å². The summed E-state index contributed by atoms with van der Waals surface area (Å²) in [6.07, 6.45) is -10.2. The summed E-state index contributed by atoms with van der Waals surface area (Å²) in [6, 6.07) is 1.81. The molecule has 27 heavy (non-hydrogen) atoms. The predicted octanol–water partition coefficient (Wildman–Crippen LogP) is 2.92. The maximum Gasteiger partial charge on any atom is 0.426 e. The van der Waals surface area contributed by atoms with Crippen molar-refractivity contribution < 1.29 is 54.0 Å². The van der Waals surface area contributed by atoms with Crippen LogP contribution in [0.25, 0.3) is 0 Å². The lowest BCUT2D eigenvalue weighted by Crippen LogP contribution is -2.39. The van der Waals surface area contributed by atoms with E-state index in [4.69, 9.17) is 4.55 Å². The highest BCUT2D eigenvalue weighted by Gasteiger charge is 2.45.